The Bertz CT molecular complexity index is 488. The largest absolute Gasteiger partial charge is 0.350 e. The van der Waals surface area contributed by atoms with Crippen molar-refractivity contribution in [2.24, 2.45) is 17.6 Å². The van der Waals surface area contributed by atoms with Crippen molar-refractivity contribution in [3.8, 4) is 6.07 Å². The number of hydrogen-bond donors (Lipinski definition) is 2. The Morgan fingerprint density at radius 2 is 1.90 bits per heavy atom. The molecule has 21 heavy (non-hydrogen) atoms. The third-order valence-corrected chi connectivity index (χ3v) is 3.53. The van der Waals surface area contributed by atoms with E-state index in [9.17, 15) is 4.79 Å². The number of carbonyl (C=O) groups is 1. The third kappa shape index (κ3) is 5.97. The number of nitrogens with one attached hydrogen (secondary N) is 1. The topological polar surface area (TPSA) is 78.9 Å². The lowest BCUT2D eigenvalue weighted by atomic mass is 9.94. The van der Waals surface area contributed by atoms with E-state index >= 15 is 0 Å². The van der Waals surface area contributed by atoms with Crippen LogP contribution < -0.4 is 11.1 Å². The van der Waals surface area contributed by atoms with Gasteiger partial charge in [-0.2, -0.15) is 5.26 Å². The van der Waals surface area contributed by atoms with Crippen molar-refractivity contribution in [1.82, 2.24) is 5.32 Å². The van der Waals surface area contributed by atoms with Gasteiger partial charge in [-0.25, -0.2) is 0 Å². The minimum Gasteiger partial charge on any atom is -0.350 e. The second kappa shape index (κ2) is 8.43. The summed E-state index contributed by atoms with van der Waals surface area (Å²) in [7, 11) is 0. The Morgan fingerprint density at radius 3 is 2.38 bits per heavy atom. The van der Waals surface area contributed by atoms with Gasteiger partial charge in [0.1, 0.15) is 0 Å². The van der Waals surface area contributed by atoms with Gasteiger partial charge in [0.2, 0.25) is 5.91 Å². The van der Waals surface area contributed by atoms with Gasteiger partial charge >= 0.3 is 0 Å². The van der Waals surface area contributed by atoms with Gasteiger partial charge in [0.15, 0.2) is 0 Å². The summed E-state index contributed by atoms with van der Waals surface area (Å²) in [5.41, 5.74) is 7.35. The predicted octanol–water partition coefficient (Wildman–Crippen LogP) is 2.75. The molecule has 3 N–H and O–H groups in total. The SMILES string of the molecule is CC(C)C[C@H](CN)CC(=O)NC(C)c1ccc(C#N)cc1. The molecule has 114 valence electrons. The van der Waals surface area contributed by atoms with E-state index in [0.717, 1.165) is 12.0 Å². The van der Waals surface area contributed by atoms with Gasteiger partial charge in [-0.15, -0.1) is 0 Å². The summed E-state index contributed by atoms with van der Waals surface area (Å²) >= 11 is 0. The predicted molar refractivity (Wildman–Crippen MR) is 84.3 cm³/mol. The first-order chi connectivity index (χ1) is 9.96. The number of carbonyl (C=O) groups excluding carboxylic acids is 1. The van der Waals surface area contributed by atoms with Crippen LogP contribution in [-0.2, 0) is 4.79 Å². The molecule has 4 heteroatoms. The first-order valence-electron chi connectivity index (χ1n) is 7.45. The average molecular weight is 287 g/mol. The highest BCUT2D eigenvalue weighted by atomic mass is 16.1. The van der Waals surface area contributed by atoms with Crippen molar-refractivity contribution in [3.05, 3.63) is 35.4 Å². The number of nitrogens with two attached hydrogens (primary N) is 1. The maximum Gasteiger partial charge on any atom is 0.220 e. The van der Waals surface area contributed by atoms with Crippen LogP contribution in [0.2, 0.25) is 0 Å². The maximum absolute atomic E-state index is 12.1. The summed E-state index contributed by atoms with van der Waals surface area (Å²) < 4.78 is 0. The van der Waals surface area contributed by atoms with Crippen LogP contribution in [0.3, 0.4) is 0 Å². The van der Waals surface area contributed by atoms with E-state index in [2.05, 4.69) is 25.2 Å². The zero-order valence-corrected chi connectivity index (χ0v) is 13.1. The van der Waals surface area contributed by atoms with E-state index in [4.69, 9.17) is 11.0 Å². The number of hydrogen-bond acceptors (Lipinski definition) is 3. The summed E-state index contributed by atoms with van der Waals surface area (Å²) in [4.78, 5) is 12.1. The maximum atomic E-state index is 12.1. The summed E-state index contributed by atoms with van der Waals surface area (Å²) in [5.74, 6) is 0.809. The summed E-state index contributed by atoms with van der Waals surface area (Å²) in [6.07, 6.45) is 1.43. The quantitative estimate of drug-likeness (QED) is 0.809. The number of amides is 1. The number of rotatable bonds is 7. The monoisotopic (exact) mass is 287 g/mol. The molecule has 0 heterocycles. The molecule has 0 aliphatic rings. The molecule has 0 bridgehead atoms. The fourth-order valence-corrected chi connectivity index (χ4v) is 2.42. The van der Waals surface area contributed by atoms with Crippen LogP contribution >= 0.6 is 0 Å². The first kappa shape index (κ1) is 17.2. The Hall–Kier alpha value is -1.86. The van der Waals surface area contributed by atoms with E-state index < -0.39 is 0 Å². The van der Waals surface area contributed by atoms with Crippen molar-refractivity contribution in [1.29, 1.82) is 5.26 Å². The zero-order chi connectivity index (χ0) is 15.8. The second-order valence-corrected chi connectivity index (χ2v) is 5.96. The normalized spacial score (nSPS) is 13.5. The standard InChI is InChI=1S/C17H25N3O/c1-12(2)8-15(11-19)9-17(21)20-13(3)16-6-4-14(10-18)5-7-16/h4-7,12-13,15H,8-9,11,19H2,1-3H3,(H,20,21)/t13?,15-/m0/s1. The molecule has 0 radical (unpaired) electrons. The Kier molecular flexibility index (Phi) is 6.90. The molecule has 1 aromatic rings. The summed E-state index contributed by atoms with van der Waals surface area (Å²) in [6, 6.07) is 9.29. The van der Waals surface area contributed by atoms with Crippen LogP contribution in [0.25, 0.3) is 0 Å². The van der Waals surface area contributed by atoms with Crippen LogP contribution in [0.5, 0.6) is 0 Å². The van der Waals surface area contributed by atoms with E-state index in [1.165, 1.54) is 0 Å². The second-order valence-electron chi connectivity index (χ2n) is 5.96. The Morgan fingerprint density at radius 1 is 1.29 bits per heavy atom. The van der Waals surface area contributed by atoms with Crippen LogP contribution in [0.4, 0.5) is 0 Å². The van der Waals surface area contributed by atoms with Gasteiger partial charge in [0.25, 0.3) is 0 Å². The van der Waals surface area contributed by atoms with E-state index in [1.54, 1.807) is 12.1 Å². The Labute approximate surface area is 127 Å². The van der Waals surface area contributed by atoms with Crippen LogP contribution in [0, 0.1) is 23.2 Å². The minimum absolute atomic E-state index is 0.0305. The van der Waals surface area contributed by atoms with Crippen LogP contribution in [0.1, 0.15) is 50.8 Å². The van der Waals surface area contributed by atoms with Crippen LogP contribution in [-0.4, -0.2) is 12.5 Å². The average Bonchev–Trinajstić information content (AvgIpc) is 2.45. The molecule has 0 aliphatic carbocycles. The van der Waals surface area contributed by atoms with Gasteiger partial charge in [-0.1, -0.05) is 26.0 Å². The van der Waals surface area contributed by atoms with Gasteiger partial charge in [-0.05, 0) is 49.4 Å². The third-order valence-electron chi connectivity index (χ3n) is 3.53. The molecule has 2 atom stereocenters. The van der Waals surface area contributed by atoms with Crippen molar-refractivity contribution in [2.75, 3.05) is 6.54 Å². The smallest absolute Gasteiger partial charge is 0.220 e. The van der Waals surface area contributed by atoms with Gasteiger partial charge in [-0.3, -0.25) is 4.79 Å². The van der Waals surface area contributed by atoms with Gasteiger partial charge < -0.3 is 11.1 Å². The number of benzene rings is 1. The van der Waals surface area contributed by atoms with Crippen molar-refractivity contribution < 1.29 is 4.79 Å². The number of nitrogens with zero attached hydrogens (tertiary/aromatic N) is 1. The molecule has 0 saturated heterocycles. The fourth-order valence-electron chi connectivity index (χ4n) is 2.42. The van der Waals surface area contributed by atoms with Crippen molar-refractivity contribution in [3.63, 3.8) is 0 Å². The highest BCUT2D eigenvalue weighted by molar-refractivity contribution is 5.76. The molecular weight excluding hydrogens is 262 g/mol. The molecule has 1 amide bonds. The summed E-state index contributed by atoms with van der Waals surface area (Å²) in [6.45, 7) is 6.76. The van der Waals surface area contributed by atoms with Gasteiger partial charge in [0.05, 0.1) is 17.7 Å². The van der Waals surface area contributed by atoms with Crippen LogP contribution in [0.15, 0.2) is 24.3 Å². The molecule has 4 nitrogen and oxygen atoms in total. The lowest BCUT2D eigenvalue weighted by Gasteiger charge is -2.19. The molecule has 0 fully saturated rings. The molecule has 0 spiro atoms. The molecule has 0 aliphatic heterocycles. The molecule has 1 unspecified atom stereocenters. The number of nitriles is 1. The minimum atomic E-state index is -0.0669. The molecule has 0 aromatic heterocycles. The molecule has 1 aromatic carbocycles. The summed E-state index contributed by atoms with van der Waals surface area (Å²) in [5, 5.41) is 11.8. The molecule has 1 rings (SSSR count). The molecule has 0 saturated carbocycles. The zero-order valence-electron chi connectivity index (χ0n) is 13.1. The van der Waals surface area contributed by atoms with E-state index in [1.807, 2.05) is 19.1 Å². The van der Waals surface area contributed by atoms with E-state index in [0.29, 0.717) is 24.4 Å². The lowest BCUT2D eigenvalue weighted by molar-refractivity contribution is -0.122. The lowest BCUT2D eigenvalue weighted by Crippen LogP contribution is -2.30. The van der Waals surface area contributed by atoms with Crippen molar-refractivity contribution >= 4 is 5.91 Å². The van der Waals surface area contributed by atoms with E-state index in [-0.39, 0.29) is 17.9 Å². The first-order valence-corrected chi connectivity index (χ1v) is 7.45. The van der Waals surface area contributed by atoms with Crippen molar-refractivity contribution in [2.45, 2.75) is 39.7 Å². The highest BCUT2D eigenvalue weighted by Gasteiger charge is 2.16. The molecular formula is C17H25N3O. The van der Waals surface area contributed by atoms with Gasteiger partial charge in [0, 0.05) is 6.42 Å². The Balaban J connectivity index is 2.54. The fraction of sp³-hybridized carbons (Fsp3) is 0.529. The highest BCUT2D eigenvalue weighted by Crippen LogP contribution is 2.17.